The zero-order chi connectivity index (χ0) is 17.8. The molecule has 0 aliphatic carbocycles. The van der Waals surface area contributed by atoms with Gasteiger partial charge in [0.2, 0.25) is 5.91 Å². The lowest BCUT2D eigenvalue weighted by molar-refractivity contribution is -0.115. The molecule has 0 saturated carbocycles. The number of aromatic amines is 1. The number of hydrogen-bond acceptors (Lipinski definition) is 4. The molecular formula is C19H21N3O2S. The van der Waals surface area contributed by atoms with E-state index in [-0.39, 0.29) is 18.4 Å². The summed E-state index contributed by atoms with van der Waals surface area (Å²) in [7, 11) is 0. The van der Waals surface area contributed by atoms with E-state index in [1.807, 2.05) is 50.2 Å². The number of H-pyrrole nitrogens is 1. The second-order valence-corrected chi connectivity index (χ2v) is 7.40. The highest BCUT2D eigenvalue weighted by Gasteiger charge is 2.10. The Morgan fingerprint density at radius 1 is 1.28 bits per heavy atom. The van der Waals surface area contributed by atoms with Crippen molar-refractivity contribution in [3.05, 3.63) is 52.9 Å². The highest BCUT2D eigenvalue weighted by Crippen LogP contribution is 2.27. The highest BCUT2D eigenvalue weighted by molar-refractivity contribution is 7.15. The standard InChI is InChI=1S/C19H21N3O2S/c1-12(2)24-15-6-4-5-14(9-15)10-19(23)20-18-11-16(21-22-18)17-8-7-13(3)25-17/h4-9,11-12H,10H2,1-3H3,(H2,20,21,22,23). The molecule has 1 amide bonds. The van der Waals surface area contributed by atoms with E-state index >= 15 is 0 Å². The molecule has 6 heteroatoms. The van der Waals surface area contributed by atoms with Crippen LogP contribution in [0.5, 0.6) is 5.75 Å². The maximum Gasteiger partial charge on any atom is 0.229 e. The first-order valence-electron chi connectivity index (χ1n) is 8.17. The fourth-order valence-electron chi connectivity index (χ4n) is 2.46. The third-order valence-corrected chi connectivity index (χ3v) is 4.52. The van der Waals surface area contributed by atoms with E-state index < -0.39 is 0 Å². The Bertz CT molecular complexity index is 867. The summed E-state index contributed by atoms with van der Waals surface area (Å²) in [4.78, 5) is 14.6. The number of aromatic nitrogens is 2. The van der Waals surface area contributed by atoms with Gasteiger partial charge in [-0.15, -0.1) is 11.3 Å². The van der Waals surface area contributed by atoms with Gasteiger partial charge >= 0.3 is 0 Å². The van der Waals surface area contributed by atoms with Crippen molar-refractivity contribution in [1.29, 1.82) is 0 Å². The molecule has 0 unspecified atom stereocenters. The van der Waals surface area contributed by atoms with Crippen LogP contribution in [0.4, 0.5) is 5.82 Å². The molecule has 1 aromatic carbocycles. The van der Waals surface area contributed by atoms with Crippen molar-refractivity contribution in [2.24, 2.45) is 0 Å². The summed E-state index contributed by atoms with van der Waals surface area (Å²) in [5.41, 5.74) is 1.81. The second kappa shape index (κ2) is 7.53. The number of carbonyl (C=O) groups excluding carboxylic acids is 1. The Hall–Kier alpha value is -2.60. The molecule has 0 aliphatic heterocycles. The van der Waals surface area contributed by atoms with E-state index in [9.17, 15) is 4.79 Å². The number of ether oxygens (including phenoxy) is 1. The average molecular weight is 355 g/mol. The molecule has 0 fully saturated rings. The minimum absolute atomic E-state index is 0.104. The summed E-state index contributed by atoms with van der Waals surface area (Å²) < 4.78 is 5.66. The molecule has 25 heavy (non-hydrogen) atoms. The number of aryl methyl sites for hydroxylation is 1. The van der Waals surface area contributed by atoms with Crippen LogP contribution in [0.15, 0.2) is 42.5 Å². The lowest BCUT2D eigenvalue weighted by Crippen LogP contribution is -2.14. The Balaban J connectivity index is 1.62. The average Bonchev–Trinajstić information content (AvgIpc) is 3.15. The van der Waals surface area contributed by atoms with Gasteiger partial charge in [0, 0.05) is 10.9 Å². The monoisotopic (exact) mass is 355 g/mol. The minimum Gasteiger partial charge on any atom is -0.491 e. The van der Waals surface area contributed by atoms with Gasteiger partial charge < -0.3 is 10.1 Å². The number of benzene rings is 1. The van der Waals surface area contributed by atoms with Crippen molar-refractivity contribution >= 4 is 23.1 Å². The van der Waals surface area contributed by atoms with Gasteiger partial charge in [-0.2, -0.15) is 5.10 Å². The predicted molar refractivity (Wildman–Crippen MR) is 101 cm³/mol. The molecular weight excluding hydrogens is 334 g/mol. The fourth-order valence-corrected chi connectivity index (χ4v) is 3.30. The second-order valence-electron chi connectivity index (χ2n) is 6.12. The van der Waals surface area contributed by atoms with Gasteiger partial charge in [0.05, 0.1) is 23.1 Å². The molecule has 130 valence electrons. The Labute approximate surface area is 151 Å². The van der Waals surface area contributed by atoms with Gasteiger partial charge in [0.25, 0.3) is 0 Å². The van der Waals surface area contributed by atoms with Crippen molar-refractivity contribution in [1.82, 2.24) is 10.2 Å². The molecule has 0 atom stereocenters. The molecule has 0 bridgehead atoms. The molecule has 0 radical (unpaired) electrons. The van der Waals surface area contributed by atoms with Crippen molar-refractivity contribution in [2.75, 3.05) is 5.32 Å². The van der Waals surface area contributed by atoms with Crippen molar-refractivity contribution < 1.29 is 9.53 Å². The van der Waals surface area contributed by atoms with E-state index in [4.69, 9.17) is 4.74 Å². The SMILES string of the molecule is Cc1ccc(-c2cc(NC(=O)Cc3cccc(OC(C)C)c3)n[nH]2)s1. The van der Waals surface area contributed by atoms with Crippen LogP contribution in [0, 0.1) is 6.92 Å². The Kier molecular flexibility index (Phi) is 5.19. The summed E-state index contributed by atoms with van der Waals surface area (Å²) in [6, 6.07) is 13.5. The number of hydrogen-bond donors (Lipinski definition) is 2. The molecule has 0 spiro atoms. The molecule has 5 nitrogen and oxygen atoms in total. The topological polar surface area (TPSA) is 67.0 Å². The number of nitrogens with one attached hydrogen (secondary N) is 2. The minimum atomic E-state index is -0.109. The van der Waals surface area contributed by atoms with Gasteiger partial charge in [0.15, 0.2) is 5.82 Å². The first kappa shape index (κ1) is 17.2. The predicted octanol–water partition coefficient (Wildman–Crippen LogP) is 4.42. The zero-order valence-corrected chi connectivity index (χ0v) is 15.3. The van der Waals surface area contributed by atoms with E-state index in [2.05, 4.69) is 28.5 Å². The Morgan fingerprint density at radius 2 is 2.12 bits per heavy atom. The van der Waals surface area contributed by atoms with Crippen LogP contribution in [-0.2, 0) is 11.2 Å². The highest BCUT2D eigenvalue weighted by atomic mass is 32.1. The quantitative estimate of drug-likeness (QED) is 0.688. The van der Waals surface area contributed by atoms with Gasteiger partial charge in [-0.25, -0.2) is 0 Å². The summed E-state index contributed by atoms with van der Waals surface area (Å²) in [5.74, 6) is 1.19. The van der Waals surface area contributed by atoms with Crippen LogP contribution in [0.2, 0.25) is 0 Å². The lowest BCUT2D eigenvalue weighted by atomic mass is 10.1. The smallest absolute Gasteiger partial charge is 0.229 e. The zero-order valence-electron chi connectivity index (χ0n) is 14.5. The maximum atomic E-state index is 12.3. The van der Waals surface area contributed by atoms with E-state index in [1.165, 1.54) is 4.88 Å². The van der Waals surface area contributed by atoms with Crippen LogP contribution in [0.3, 0.4) is 0 Å². The van der Waals surface area contributed by atoms with Crippen LogP contribution in [0.25, 0.3) is 10.6 Å². The third kappa shape index (κ3) is 4.70. The van der Waals surface area contributed by atoms with Crippen molar-refractivity contribution in [3.63, 3.8) is 0 Å². The van der Waals surface area contributed by atoms with Gasteiger partial charge in [-0.1, -0.05) is 12.1 Å². The van der Waals surface area contributed by atoms with Gasteiger partial charge in [0.1, 0.15) is 5.75 Å². The summed E-state index contributed by atoms with van der Waals surface area (Å²) in [6.45, 7) is 6.01. The van der Waals surface area contributed by atoms with Crippen molar-refractivity contribution in [2.45, 2.75) is 33.3 Å². The first-order chi connectivity index (χ1) is 12.0. The molecule has 2 aromatic heterocycles. The Morgan fingerprint density at radius 3 is 2.84 bits per heavy atom. The number of amides is 1. The van der Waals surface area contributed by atoms with Crippen LogP contribution < -0.4 is 10.1 Å². The van der Waals surface area contributed by atoms with Gasteiger partial charge in [-0.05, 0) is 50.6 Å². The van der Waals surface area contributed by atoms with Gasteiger partial charge in [-0.3, -0.25) is 9.89 Å². The van der Waals surface area contributed by atoms with E-state index in [0.29, 0.717) is 5.82 Å². The summed E-state index contributed by atoms with van der Waals surface area (Å²) >= 11 is 1.68. The third-order valence-electron chi connectivity index (χ3n) is 3.49. The number of thiophene rings is 1. The molecule has 3 rings (SSSR count). The molecule has 2 N–H and O–H groups in total. The molecule has 3 aromatic rings. The number of rotatable bonds is 6. The largest absolute Gasteiger partial charge is 0.491 e. The lowest BCUT2D eigenvalue weighted by Gasteiger charge is -2.10. The number of anilines is 1. The number of carbonyl (C=O) groups is 1. The van der Waals surface area contributed by atoms with Crippen LogP contribution >= 0.6 is 11.3 Å². The van der Waals surface area contributed by atoms with E-state index in [0.717, 1.165) is 21.9 Å². The van der Waals surface area contributed by atoms with Crippen molar-refractivity contribution in [3.8, 4) is 16.3 Å². The number of nitrogens with zero attached hydrogens (tertiary/aromatic N) is 1. The molecule has 2 heterocycles. The maximum absolute atomic E-state index is 12.3. The fraction of sp³-hybridized carbons (Fsp3) is 0.263. The van der Waals surface area contributed by atoms with E-state index in [1.54, 1.807) is 11.3 Å². The van der Waals surface area contributed by atoms with Crippen LogP contribution in [-0.4, -0.2) is 22.2 Å². The summed E-state index contributed by atoms with van der Waals surface area (Å²) in [5, 5.41) is 9.96. The first-order valence-corrected chi connectivity index (χ1v) is 8.99. The summed E-state index contributed by atoms with van der Waals surface area (Å²) in [6.07, 6.45) is 0.378. The molecule has 0 aliphatic rings. The molecule has 0 saturated heterocycles. The normalized spacial score (nSPS) is 10.9. The van der Waals surface area contributed by atoms with Crippen LogP contribution in [0.1, 0.15) is 24.3 Å².